The fourth-order valence-electron chi connectivity index (χ4n) is 0.378. The predicted octanol–water partition coefficient (Wildman–Crippen LogP) is -0.221. The number of methoxy groups -OCH3 is 1. The molecule has 0 aliphatic carbocycles. The molecule has 0 saturated carbocycles. The molecule has 0 rings (SSSR count). The van der Waals surface area contributed by atoms with Gasteiger partial charge in [-0.25, -0.2) is 8.98 Å². The predicted molar refractivity (Wildman–Crippen MR) is 32.6 cm³/mol. The first-order valence-electron chi connectivity index (χ1n) is 2.57. The molecule has 0 aliphatic rings. The molecule has 0 aromatic rings. The van der Waals surface area contributed by atoms with Gasteiger partial charge in [-0.05, 0) is 6.92 Å². The molecule has 0 aromatic carbocycles. The van der Waals surface area contributed by atoms with E-state index in [2.05, 4.69) is 8.92 Å². The fraction of sp³-hybridized carbons (Fsp3) is 0.750. The highest BCUT2D eigenvalue weighted by Gasteiger charge is 2.21. The Morgan fingerprint density at radius 2 is 2.00 bits per heavy atom. The third-order valence-electron chi connectivity index (χ3n) is 0.792. The minimum absolute atomic E-state index is 0.953. The summed E-state index contributed by atoms with van der Waals surface area (Å²) in [5.74, 6) is -0.953. The first-order chi connectivity index (χ1) is 4.87. The van der Waals surface area contributed by atoms with Crippen molar-refractivity contribution in [1.29, 1.82) is 0 Å². The lowest BCUT2D eigenvalue weighted by molar-refractivity contribution is -0.147. The van der Waals surface area contributed by atoms with Gasteiger partial charge in [-0.15, -0.1) is 0 Å². The zero-order valence-electron chi connectivity index (χ0n) is 5.90. The second kappa shape index (κ2) is 3.63. The first-order valence-corrected chi connectivity index (χ1v) is 3.88. The average Bonchev–Trinajstić information content (AvgIpc) is 1.82. The minimum Gasteiger partial charge on any atom is -0.467 e. The number of carbonyl (C=O) groups excluding carboxylic acids is 1. The van der Waals surface area contributed by atoms with Gasteiger partial charge in [-0.3, -0.25) is 0 Å². The summed E-state index contributed by atoms with van der Waals surface area (Å²) in [6.07, 6.45) is -1.45. The van der Waals surface area contributed by atoms with Gasteiger partial charge in [-0.2, -0.15) is 8.42 Å². The van der Waals surface area contributed by atoms with Crippen LogP contribution in [0.15, 0.2) is 0 Å². The Kier molecular flexibility index (Phi) is 3.40. The molecule has 11 heavy (non-hydrogen) atoms. The summed E-state index contributed by atoms with van der Waals surface area (Å²) in [4.78, 5) is 10.4. The van der Waals surface area contributed by atoms with Gasteiger partial charge in [0.05, 0.1) is 7.11 Å². The van der Waals surface area contributed by atoms with Crippen LogP contribution in [-0.2, 0) is 24.2 Å². The Labute approximate surface area is 63.5 Å². The Bertz CT molecular complexity index is 233. The van der Waals surface area contributed by atoms with Crippen LogP contribution in [0.2, 0.25) is 0 Å². The number of carbonyl (C=O) groups is 1. The highest BCUT2D eigenvalue weighted by molar-refractivity contribution is 7.81. The van der Waals surface area contributed by atoms with Crippen molar-refractivity contribution < 1.29 is 26.0 Å². The summed E-state index contributed by atoms with van der Waals surface area (Å²) in [7, 11) is -4.04. The summed E-state index contributed by atoms with van der Waals surface area (Å²) >= 11 is 0. The van der Waals surface area contributed by atoms with E-state index < -0.39 is 22.6 Å². The monoisotopic (exact) mass is 186 g/mol. The molecule has 66 valence electrons. The second-order valence-corrected chi connectivity index (χ2v) is 2.63. The molecule has 5 nitrogen and oxygen atoms in total. The van der Waals surface area contributed by atoms with Gasteiger partial charge in [0.1, 0.15) is 0 Å². The van der Waals surface area contributed by atoms with Gasteiger partial charge in [0.25, 0.3) is 0 Å². The zero-order valence-corrected chi connectivity index (χ0v) is 6.72. The summed E-state index contributed by atoms with van der Waals surface area (Å²) in [5.41, 5.74) is 0. The van der Waals surface area contributed by atoms with Crippen LogP contribution in [-0.4, -0.2) is 27.6 Å². The van der Waals surface area contributed by atoms with E-state index in [1.54, 1.807) is 0 Å². The molecule has 0 saturated heterocycles. The molecule has 0 radical (unpaired) electrons. The molecule has 0 spiro atoms. The van der Waals surface area contributed by atoms with E-state index in [-0.39, 0.29) is 0 Å². The molecule has 0 aliphatic heterocycles. The van der Waals surface area contributed by atoms with Crippen molar-refractivity contribution >= 4 is 16.5 Å². The third kappa shape index (κ3) is 4.68. The summed E-state index contributed by atoms with van der Waals surface area (Å²) < 4.78 is 38.9. The number of hydrogen-bond acceptors (Lipinski definition) is 5. The molecular weight excluding hydrogens is 179 g/mol. The molecule has 0 fully saturated rings. The molecule has 0 amide bonds. The van der Waals surface area contributed by atoms with E-state index in [0.29, 0.717) is 0 Å². The molecular formula is C4H7FO5S. The van der Waals surface area contributed by atoms with Crippen LogP contribution in [0.4, 0.5) is 3.89 Å². The highest BCUT2D eigenvalue weighted by atomic mass is 32.3. The van der Waals surface area contributed by atoms with Crippen LogP contribution < -0.4 is 0 Å². The van der Waals surface area contributed by atoms with Gasteiger partial charge in [0.15, 0.2) is 6.10 Å². The number of hydrogen-bond donors (Lipinski definition) is 0. The number of ether oxygens (including phenoxy) is 1. The summed E-state index contributed by atoms with van der Waals surface area (Å²) in [6, 6.07) is 0. The zero-order chi connectivity index (χ0) is 9.07. The minimum atomic E-state index is -5.08. The Hall–Kier alpha value is -0.690. The molecule has 7 heteroatoms. The standard InChI is InChI=1S/C4H7FO5S/c1-3(4(6)9-2)10-11(5,7)8/h3H,1-2H3/t3-/m1/s1. The second-order valence-electron chi connectivity index (χ2n) is 1.65. The van der Waals surface area contributed by atoms with E-state index in [9.17, 15) is 17.1 Å². The number of rotatable bonds is 3. The van der Waals surface area contributed by atoms with E-state index in [1.807, 2.05) is 0 Å². The van der Waals surface area contributed by atoms with Crippen molar-refractivity contribution in [1.82, 2.24) is 0 Å². The van der Waals surface area contributed by atoms with E-state index >= 15 is 0 Å². The maximum Gasteiger partial charge on any atom is 0.438 e. The smallest absolute Gasteiger partial charge is 0.438 e. The van der Waals surface area contributed by atoms with Gasteiger partial charge >= 0.3 is 16.5 Å². The van der Waals surface area contributed by atoms with Crippen molar-refractivity contribution in [3.05, 3.63) is 0 Å². The van der Waals surface area contributed by atoms with Crippen LogP contribution in [0.25, 0.3) is 0 Å². The topological polar surface area (TPSA) is 69.7 Å². The van der Waals surface area contributed by atoms with E-state index in [4.69, 9.17) is 0 Å². The number of esters is 1. The Balaban J connectivity index is 4.09. The Morgan fingerprint density at radius 3 is 2.27 bits per heavy atom. The van der Waals surface area contributed by atoms with E-state index in [1.165, 1.54) is 0 Å². The molecule has 0 aromatic heterocycles. The van der Waals surface area contributed by atoms with Gasteiger partial charge < -0.3 is 4.74 Å². The molecule has 0 heterocycles. The normalized spacial score (nSPS) is 14.1. The molecule has 1 atom stereocenters. The van der Waals surface area contributed by atoms with Crippen LogP contribution >= 0.6 is 0 Å². The van der Waals surface area contributed by atoms with Crippen LogP contribution in [0.1, 0.15) is 6.92 Å². The Morgan fingerprint density at radius 1 is 1.55 bits per heavy atom. The molecule has 0 bridgehead atoms. The quantitative estimate of drug-likeness (QED) is 0.450. The van der Waals surface area contributed by atoms with Crippen molar-refractivity contribution in [3.8, 4) is 0 Å². The lowest BCUT2D eigenvalue weighted by Gasteiger charge is -2.04. The largest absolute Gasteiger partial charge is 0.467 e. The maximum absolute atomic E-state index is 11.7. The van der Waals surface area contributed by atoms with Crippen molar-refractivity contribution in [2.24, 2.45) is 0 Å². The van der Waals surface area contributed by atoms with Gasteiger partial charge in [-0.1, -0.05) is 3.89 Å². The van der Waals surface area contributed by atoms with Crippen molar-refractivity contribution in [2.45, 2.75) is 13.0 Å². The average molecular weight is 186 g/mol. The summed E-state index contributed by atoms with van der Waals surface area (Å²) in [6.45, 7) is 1.06. The third-order valence-corrected chi connectivity index (χ3v) is 1.31. The van der Waals surface area contributed by atoms with Crippen LogP contribution in [0.5, 0.6) is 0 Å². The van der Waals surface area contributed by atoms with Crippen molar-refractivity contribution in [3.63, 3.8) is 0 Å². The molecule has 0 unspecified atom stereocenters. The van der Waals surface area contributed by atoms with Gasteiger partial charge in [0.2, 0.25) is 0 Å². The van der Waals surface area contributed by atoms with Crippen LogP contribution in [0.3, 0.4) is 0 Å². The van der Waals surface area contributed by atoms with Gasteiger partial charge in [0, 0.05) is 0 Å². The lowest BCUT2D eigenvalue weighted by Crippen LogP contribution is -2.23. The lowest BCUT2D eigenvalue weighted by atomic mass is 10.4. The molecule has 0 N–H and O–H groups in total. The van der Waals surface area contributed by atoms with E-state index in [0.717, 1.165) is 14.0 Å². The fourth-order valence-corrected chi connectivity index (χ4v) is 0.801. The maximum atomic E-state index is 11.7. The highest BCUT2D eigenvalue weighted by Crippen LogP contribution is 2.01. The first kappa shape index (κ1) is 10.3. The summed E-state index contributed by atoms with van der Waals surface area (Å²) in [5, 5.41) is 0. The van der Waals surface area contributed by atoms with Crippen LogP contribution in [0, 0.1) is 0 Å². The SMILES string of the molecule is COC(=O)[C@@H](C)OS(=O)(=O)F. The number of halogens is 1. The van der Waals surface area contributed by atoms with Crippen molar-refractivity contribution in [2.75, 3.05) is 7.11 Å².